The number of benzene rings is 3. The van der Waals surface area contributed by atoms with Crippen molar-refractivity contribution in [1.29, 1.82) is 0 Å². The molecule has 0 saturated heterocycles. The van der Waals surface area contributed by atoms with Crippen molar-refractivity contribution in [2.24, 2.45) is 0 Å². The molecule has 1 heterocycles. The summed E-state index contributed by atoms with van der Waals surface area (Å²) in [6.07, 6.45) is 0. The average Bonchev–Trinajstić information content (AvgIpc) is 2.69. The second-order valence-electron chi connectivity index (χ2n) is 6.00. The van der Waals surface area contributed by atoms with Crippen molar-refractivity contribution in [3.05, 3.63) is 93.5 Å². The SMILES string of the molecule is O=c1[nH]c(-c2cccc(OCc3ccc(F)c(Cl)c3)c2)nc2ccccc12. The van der Waals surface area contributed by atoms with Gasteiger partial charge in [0.2, 0.25) is 0 Å². The monoisotopic (exact) mass is 380 g/mol. The number of halogens is 2. The van der Waals surface area contributed by atoms with Crippen LogP contribution in [0.25, 0.3) is 22.3 Å². The van der Waals surface area contributed by atoms with E-state index in [4.69, 9.17) is 16.3 Å². The number of hydrogen-bond acceptors (Lipinski definition) is 3. The summed E-state index contributed by atoms with van der Waals surface area (Å²) in [7, 11) is 0. The van der Waals surface area contributed by atoms with E-state index in [0.29, 0.717) is 22.5 Å². The van der Waals surface area contributed by atoms with Crippen LogP contribution in [-0.4, -0.2) is 9.97 Å². The number of para-hydroxylation sites is 1. The van der Waals surface area contributed by atoms with Gasteiger partial charge in [-0.05, 0) is 42.0 Å². The Kier molecular flexibility index (Phi) is 4.60. The molecule has 134 valence electrons. The second kappa shape index (κ2) is 7.21. The third-order valence-corrected chi connectivity index (χ3v) is 4.40. The van der Waals surface area contributed by atoms with Gasteiger partial charge in [0, 0.05) is 5.56 Å². The van der Waals surface area contributed by atoms with E-state index in [1.165, 1.54) is 12.1 Å². The van der Waals surface area contributed by atoms with E-state index in [0.717, 1.165) is 11.1 Å². The van der Waals surface area contributed by atoms with Crippen molar-refractivity contribution in [3.8, 4) is 17.1 Å². The molecule has 0 saturated carbocycles. The Morgan fingerprint density at radius 3 is 2.74 bits per heavy atom. The predicted octanol–water partition coefficient (Wildman–Crippen LogP) is 4.96. The number of nitrogens with one attached hydrogen (secondary N) is 1. The van der Waals surface area contributed by atoms with Crippen LogP contribution in [0.15, 0.2) is 71.5 Å². The Morgan fingerprint density at radius 2 is 1.89 bits per heavy atom. The van der Waals surface area contributed by atoms with Gasteiger partial charge in [-0.15, -0.1) is 0 Å². The van der Waals surface area contributed by atoms with E-state index in [9.17, 15) is 9.18 Å². The summed E-state index contributed by atoms with van der Waals surface area (Å²) in [4.78, 5) is 19.6. The summed E-state index contributed by atoms with van der Waals surface area (Å²) in [5, 5.41) is 0.602. The minimum Gasteiger partial charge on any atom is -0.489 e. The molecule has 0 fully saturated rings. The average molecular weight is 381 g/mol. The zero-order valence-electron chi connectivity index (χ0n) is 14.1. The normalized spacial score (nSPS) is 10.9. The molecule has 0 bridgehead atoms. The fourth-order valence-corrected chi connectivity index (χ4v) is 2.96. The third-order valence-electron chi connectivity index (χ3n) is 4.11. The van der Waals surface area contributed by atoms with Crippen molar-refractivity contribution in [1.82, 2.24) is 9.97 Å². The van der Waals surface area contributed by atoms with Crippen LogP contribution < -0.4 is 10.3 Å². The van der Waals surface area contributed by atoms with Gasteiger partial charge < -0.3 is 9.72 Å². The molecule has 6 heteroatoms. The maximum Gasteiger partial charge on any atom is 0.259 e. The lowest BCUT2D eigenvalue weighted by Crippen LogP contribution is -2.09. The number of hydrogen-bond donors (Lipinski definition) is 1. The molecule has 0 radical (unpaired) electrons. The standard InChI is InChI=1S/C21H14ClFN2O2/c22-17-10-13(8-9-18(17)23)12-27-15-5-3-4-14(11-15)20-24-19-7-2-1-6-16(19)21(26)25-20/h1-11H,12H2,(H,24,25,26). The van der Waals surface area contributed by atoms with E-state index in [1.54, 1.807) is 36.4 Å². The first-order valence-electron chi connectivity index (χ1n) is 8.26. The second-order valence-corrected chi connectivity index (χ2v) is 6.40. The molecular formula is C21H14ClFN2O2. The van der Waals surface area contributed by atoms with Crippen molar-refractivity contribution in [2.45, 2.75) is 6.61 Å². The summed E-state index contributed by atoms with van der Waals surface area (Å²) < 4.78 is 19.0. The number of aromatic nitrogens is 2. The summed E-state index contributed by atoms with van der Waals surface area (Å²) in [5.74, 6) is 0.603. The maximum atomic E-state index is 13.2. The molecule has 0 spiro atoms. The highest BCUT2D eigenvalue weighted by Crippen LogP contribution is 2.23. The molecular weight excluding hydrogens is 367 g/mol. The molecule has 4 nitrogen and oxygen atoms in total. The van der Waals surface area contributed by atoms with Gasteiger partial charge in [-0.2, -0.15) is 0 Å². The smallest absolute Gasteiger partial charge is 0.259 e. The zero-order chi connectivity index (χ0) is 18.8. The van der Waals surface area contributed by atoms with Gasteiger partial charge in [-0.25, -0.2) is 9.37 Å². The number of nitrogens with zero attached hydrogens (tertiary/aromatic N) is 1. The first kappa shape index (κ1) is 17.2. The highest BCUT2D eigenvalue weighted by atomic mass is 35.5. The van der Waals surface area contributed by atoms with E-state index < -0.39 is 5.82 Å². The fourth-order valence-electron chi connectivity index (χ4n) is 2.75. The van der Waals surface area contributed by atoms with Gasteiger partial charge in [-0.3, -0.25) is 4.79 Å². The molecule has 0 unspecified atom stereocenters. The van der Waals surface area contributed by atoms with Gasteiger partial charge in [0.05, 0.1) is 15.9 Å². The first-order chi connectivity index (χ1) is 13.1. The number of aromatic amines is 1. The van der Waals surface area contributed by atoms with E-state index in [1.807, 2.05) is 18.2 Å². The molecule has 0 aliphatic carbocycles. The van der Waals surface area contributed by atoms with Crippen LogP contribution >= 0.6 is 11.6 Å². The molecule has 0 aliphatic heterocycles. The van der Waals surface area contributed by atoms with Crippen LogP contribution in [0, 0.1) is 5.82 Å². The summed E-state index contributed by atoms with van der Waals surface area (Å²) in [6, 6.07) is 18.9. The molecule has 4 rings (SSSR count). The van der Waals surface area contributed by atoms with Gasteiger partial charge in [0.15, 0.2) is 0 Å². The lowest BCUT2D eigenvalue weighted by atomic mass is 10.2. The largest absolute Gasteiger partial charge is 0.489 e. The Morgan fingerprint density at radius 1 is 1.04 bits per heavy atom. The first-order valence-corrected chi connectivity index (χ1v) is 8.64. The fraction of sp³-hybridized carbons (Fsp3) is 0.0476. The van der Waals surface area contributed by atoms with Crippen LogP contribution in [-0.2, 0) is 6.61 Å². The molecule has 4 aromatic rings. The van der Waals surface area contributed by atoms with Crippen LogP contribution in [0.2, 0.25) is 5.02 Å². The van der Waals surface area contributed by atoms with Gasteiger partial charge >= 0.3 is 0 Å². The Hall–Kier alpha value is -3.18. The van der Waals surface area contributed by atoms with E-state index in [-0.39, 0.29) is 17.2 Å². The Balaban J connectivity index is 1.61. The minimum absolute atomic E-state index is 0.0581. The minimum atomic E-state index is -0.464. The van der Waals surface area contributed by atoms with E-state index in [2.05, 4.69) is 9.97 Å². The molecule has 3 aromatic carbocycles. The summed E-state index contributed by atoms with van der Waals surface area (Å²) >= 11 is 5.79. The van der Waals surface area contributed by atoms with Crippen molar-refractivity contribution < 1.29 is 9.13 Å². The molecule has 1 aromatic heterocycles. The Bertz CT molecular complexity index is 1190. The molecule has 0 aliphatic rings. The number of rotatable bonds is 4. The lowest BCUT2D eigenvalue weighted by molar-refractivity contribution is 0.306. The number of H-pyrrole nitrogens is 1. The van der Waals surface area contributed by atoms with Gasteiger partial charge in [0.25, 0.3) is 5.56 Å². The molecule has 27 heavy (non-hydrogen) atoms. The summed E-state index contributed by atoms with van der Waals surface area (Å²) in [6.45, 7) is 0.241. The maximum absolute atomic E-state index is 13.2. The predicted molar refractivity (Wildman–Crippen MR) is 104 cm³/mol. The highest BCUT2D eigenvalue weighted by Gasteiger charge is 2.07. The Labute approximate surface area is 159 Å². The molecule has 1 N–H and O–H groups in total. The molecule has 0 atom stereocenters. The van der Waals surface area contributed by atoms with E-state index >= 15 is 0 Å². The highest BCUT2D eigenvalue weighted by molar-refractivity contribution is 6.30. The number of fused-ring (bicyclic) bond motifs is 1. The van der Waals surface area contributed by atoms with Crippen LogP contribution in [0.3, 0.4) is 0 Å². The quantitative estimate of drug-likeness (QED) is 0.544. The van der Waals surface area contributed by atoms with Crippen LogP contribution in [0.5, 0.6) is 5.75 Å². The topological polar surface area (TPSA) is 55.0 Å². The van der Waals surface area contributed by atoms with Gasteiger partial charge in [0.1, 0.15) is 24.0 Å². The van der Waals surface area contributed by atoms with Crippen molar-refractivity contribution >= 4 is 22.5 Å². The van der Waals surface area contributed by atoms with Gasteiger partial charge in [-0.1, -0.05) is 41.9 Å². The molecule has 0 amide bonds. The summed E-state index contributed by atoms with van der Waals surface area (Å²) in [5.41, 5.74) is 1.92. The zero-order valence-corrected chi connectivity index (χ0v) is 14.8. The van der Waals surface area contributed by atoms with Crippen LogP contribution in [0.1, 0.15) is 5.56 Å². The van der Waals surface area contributed by atoms with Crippen molar-refractivity contribution in [3.63, 3.8) is 0 Å². The third kappa shape index (κ3) is 3.68. The van der Waals surface area contributed by atoms with Crippen LogP contribution in [0.4, 0.5) is 4.39 Å². The van der Waals surface area contributed by atoms with Crippen molar-refractivity contribution in [2.75, 3.05) is 0 Å². The lowest BCUT2D eigenvalue weighted by Gasteiger charge is -2.09. The number of ether oxygens (including phenoxy) is 1.